The molecule has 0 aliphatic carbocycles. The Labute approximate surface area is 239 Å². The van der Waals surface area contributed by atoms with Crippen molar-refractivity contribution < 1.29 is 0 Å². The average molecular weight is 527 g/mol. The molecule has 0 atom stereocenters. The summed E-state index contributed by atoms with van der Waals surface area (Å²) in [4.78, 5) is 9.76. The number of anilines is 6. The van der Waals surface area contributed by atoms with E-state index in [1.807, 2.05) is 12.1 Å². The van der Waals surface area contributed by atoms with E-state index in [1.165, 1.54) is 0 Å². The van der Waals surface area contributed by atoms with Gasteiger partial charge in [-0.1, -0.05) is 72.8 Å². The van der Waals surface area contributed by atoms with E-state index in [4.69, 9.17) is 4.98 Å². The molecule has 7 aromatic rings. The number of hydrogen-bond acceptors (Lipinski definition) is 3. The lowest BCUT2D eigenvalue weighted by molar-refractivity contribution is 1.10. The van der Waals surface area contributed by atoms with Crippen LogP contribution in [0.4, 0.5) is 34.1 Å². The van der Waals surface area contributed by atoms with Gasteiger partial charge in [0.05, 0.1) is 33.8 Å². The lowest BCUT2D eigenvalue weighted by Crippen LogP contribution is -2.23. The van der Waals surface area contributed by atoms with E-state index in [0.717, 1.165) is 62.2 Å². The Morgan fingerprint density at radius 3 is 1.37 bits per heavy atom. The molecule has 4 heteroatoms. The van der Waals surface area contributed by atoms with Crippen LogP contribution in [0.2, 0.25) is 0 Å². The topological polar surface area (TPSA) is 24.3 Å². The summed E-state index contributed by atoms with van der Waals surface area (Å²) in [5, 5.41) is 0. The Morgan fingerprint density at radius 2 is 0.805 bits per heavy atom. The molecule has 6 aromatic carbocycles. The third-order valence-corrected chi connectivity index (χ3v) is 7.70. The third-order valence-electron chi connectivity index (χ3n) is 7.70. The van der Waals surface area contributed by atoms with Crippen molar-refractivity contribution in [2.24, 2.45) is 0 Å². The Balaban J connectivity index is 1.27. The van der Waals surface area contributed by atoms with Gasteiger partial charge in [-0.3, -0.25) is 4.57 Å². The van der Waals surface area contributed by atoms with E-state index in [9.17, 15) is 0 Å². The molecule has 1 aliphatic heterocycles. The van der Waals surface area contributed by atoms with Crippen molar-refractivity contribution in [1.82, 2.24) is 9.55 Å². The standard InChI is InChI=1S/C37H26N4/c1-3-13-28(14-4-1)39-33-19-9-11-21-35(33)40(36-22-12-10-20-34(36)39)30-25-23-27(24-26-30)37-38-31-17-7-8-18-32(31)41(37)29-15-5-2-6-16-29/h1-26H. The molecule has 0 N–H and O–H groups in total. The van der Waals surface area contributed by atoms with E-state index in [0.29, 0.717) is 0 Å². The Kier molecular flexibility index (Phi) is 5.42. The number of aromatic nitrogens is 2. The van der Waals surface area contributed by atoms with Gasteiger partial charge in [-0.15, -0.1) is 0 Å². The maximum absolute atomic E-state index is 5.06. The number of rotatable bonds is 4. The molecule has 0 fully saturated rings. The zero-order valence-corrected chi connectivity index (χ0v) is 22.3. The first-order chi connectivity index (χ1) is 20.4. The first-order valence-corrected chi connectivity index (χ1v) is 13.8. The van der Waals surface area contributed by atoms with Crippen molar-refractivity contribution in [2.45, 2.75) is 0 Å². The maximum Gasteiger partial charge on any atom is 0.145 e. The van der Waals surface area contributed by atoms with Crippen LogP contribution in [-0.2, 0) is 0 Å². The van der Waals surface area contributed by atoms with E-state index < -0.39 is 0 Å². The summed E-state index contributed by atoms with van der Waals surface area (Å²) < 4.78 is 2.24. The van der Waals surface area contributed by atoms with Crippen LogP contribution in [0, 0.1) is 0 Å². The summed E-state index contributed by atoms with van der Waals surface area (Å²) in [6.07, 6.45) is 0. The van der Waals surface area contributed by atoms with Crippen LogP contribution < -0.4 is 9.80 Å². The predicted molar refractivity (Wildman–Crippen MR) is 169 cm³/mol. The van der Waals surface area contributed by atoms with Crippen molar-refractivity contribution in [3.05, 3.63) is 158 Å². The molecule has 41 heavy (non-hydrogen) atoms. The normalized spacial score (nSPS) is 12.3. The summed E-state index contributed by atoms with van der Waals surface area (Å²) in [6.45, 7) is 0. The van der Waals surface area contributed by atoms with Gasteiger partial charge in [-0.2, -0.15) is 0 Å². The van der Waals surface area contributed by atoms with Gasteiger partial charge in [-0.25, -0.2) is 4.98 Å². The monoisotopic (exact) mass is 526 g/mol. The van der Waals surface area contributed by atoms with Crippen LogP contribution in [0.5, 0.6) is 0 Å². The number of imidazole rings is 1. The first kappa shape index (κ1) is 23.3. The summed E-state index contributed by atoms with van der Waals surface area (Å²) >= 11 is 0. The van der Waals surface area contributed by atoms with Crippen molar-refractivity contribution in [3.8, 4) is 17.1 Å². The van der Waals surface area contributed by atoms with Crippen molar-refractivity contribution in [3.63, 3.8) is 0 Å². The molecule has 0 saturated carbocycles. The Bertz CT molecular complexity index is 1950. The lowest BCUT2D eigenvalue weighted by Gasteiger charge is -2.40. The number of hydrogen-bond donors (Lipinski definition) is 0. The lowest BCUT2D eigenvalue weighted by atomic mass is 10.0. The van der Waals surface area contributed by atoms with E-state index in [1.54, 1.807) is 0 Å². The fourth-order valence-electron chi connectivity index (χ4n) is 5.90. The summed E-state index contributed by atoms with van der Waals surface area (Å²) in [6, 6.07) is 55.3. The molecule has 2 heterocycles. The Hall–Kier alpha value is -5.61. The molecule has 0 bridgehead atoms. The third kappa shape index (κ3) is 3.80. The van der Waals surface area contributed by atoms with Crippen LogP contribution in [0.15, 0.2) is 158 Å². The highest BCUT2D eigenvalue weighted by molar-refractivity contribution is 6.01. The molecular weight excluding hydrogens is 500 g/mol. The number of benzene rings is 6. The zero-order chi connectivity index (χ0) is 27.2. The largest absolute Gasteiger partial charge is 0.306 e. The van der Waals surface area contributed by atoms with Crippen LogP contribution >= 0.6 is 0 Å². The van der Waals surface area contributed by atoms with Crippen molar-refractivity contribution >= 4 is 45.2 Å². The second-order valence-electron chi connectivity index (χ2n) is 10.1. The molecular formula is C37H26N4. The highest BCUT2D eigenvalue weighted by Gasteiger charge is 2.30. The molecule has 1 aliphatic rings. The molecule has 4 nitrogen and oxygen atoms in total. The van der Waals surface area contributed by atoms with Gasteiger partial charge in [-0.05, 0) is 84.9 Å². The maximum atomic E-state index is 5.06. The van der Waals surface area contributed by atoms with Crippen LogP contribution in [0.3, 0.4) is 0 Å². The highest BCUT2D eigenvalue weighted by atomic mass is 15.3. The molecule has 0 radical (unpaired) electrons. The van der Waals surface area contributed by atoms with Gasteiger partial charge in [0.2, 0.25) is 0 Å². The molecule has 0 unspecified atom stereocenters. The van der Waals surface area contributed by atoms with Gasteiger partial charge < -0.3 is 9.80 Å². The van der Waals surface area contributed by atoms with Crippen molar-refractivity contribution in [1.29, 1.82) is 0 Å². The Morgan fingerprint density at radius 1 is 0.366 bits per heavy atom. The van der Waals surface area contributed by atoms with Crippen molar-refractivity contribution in [2.75, 3.05) is 9.80 Å². The van der Waals surface area contributed by atoms with Gasteiger partial charge in [0.1, 0.15) is 5.82 Å². The second kappa shape index (κ2) is 9.54. The van der Waals surface area contributed by atoms with Crippen LogP contribution in [0.1, 0.15) is 0 Å². The van der Waals surface area contributed by atoms with E-state index in [2.05, 4.69) is 160 Å². The number of fused-ring (bicyclic) bond motifs is 3. The molecule has 8 rings (SSSR count). The first-order valence-electron chi connectivity index (χ1n) is 13.8. The molecule has 1 aromatic heterocycles. The minimum absolute atomic E-state index is 0.929. The van der Waals surface area contributed by atoms with Gasteiger partial charge in [0, 0.05) is 22.6 Å². The number of para-hydroxylation sites is 8. The molecule has 0 saturated heterocycles. The number of nitrogens with zero attached hydrogens (tertiary/aromatic N) is 4. The highest BCUT2D eigenvalue weighted by Crippen LogP contribution is 2.53. The smallest absolute Gasteiger partial charge is 0.145 e. The summed E-state index contributed by atoms with van der Waals surface area (Å²) in [7, 11) is 0. The van der Waals surface area contributed by atoms with E-state index in [-0.39, 0.29) is 0 Å². The fourth-order valence-corrected chi connectivity index (χ4v) is 5.90. The molecule has 194 valence electrons. The average Bonchev–Trinajstić information content (AvgIpc) is 3.44. The van der Waals surface area contributed by atoms with Gasteiger partial charge in [0.15, 0.2) is 0 Å². The molecule has 0 spiro atoms. The predicted octanol–water partition coefficient (Wildman–Crippen LogP) is 9.95. The minimum Gasteiger partial charge on any atom is -0.306 e. The molecule has 0 amide bonds. The van der Waals surface area contributed by atoms with E-state index >= 15 is 0 Å². The summed E-state index contributed by atoms with van der Waals surface area (Å²) in [5.41, 5.74) is 11.1. The van der Waals surface area contributed by atoms with Crippen LogP contribution in [-0.4, -0.2) is 9.55 Å². The van der Waals surface area contributed by atoms with Gasteiger partial charge >= 0.3 is 0 Å². The second-order valence-corrected chi connectivity index (χ2v) is 10.1. The zero-order valence-electron chi connectivity index (χ0n) is 22.3. The van der Waals surface area contributed by atoms with Gasteiger partial charge in [0.25, 0.3) is 0 Å². The minimum atomic E-state index is 0.929. The summed E-state index contributed by atoms with van der Waals surface area (Å²) in [5.74, 6) is 0.929. The quantitative estimate of drug-likeness (QED) is 0.228. The SMILES string of the molecule is c1ccc(N2c3ccccc3N(c3ccc(-c4nc5ccccc5n4-c4ccccc4)cc3)c3ccccc32)cc1. The fraction of sp³-hybridized carbons (Fsp3) is 0. The van der Waals surface area contributed by atoms with Crippen LogP contribution in [0.25, 0.3) is 28.1 Å².